The lowest BCUT2D eigenvalue weighted by atomic mass is 10.1. The van der Waals surface area contributed by atoms with Crippen molar-refractivity contribution in [3.63, 3.8) is 0 Å². The second-order valence-electron chi connectivity index (χ2n) is 6.02. The van der Waals surface area contributed by atoms with E-state index in [4.69, 9.17) is 4.74 Å². The van der Waals surface area contributed by atoms with Gasteiger partial charge in [0.1, 0.15) is 17.7 Å². The maximum Gasteiger partial charge on any atom is 0.261 e. The Morgan fingerprint density at radius 2 is 2.09 bits per heavy atom. The fraction of sp³-hybridized carbons (Fsp3) is 0.500. The van der Waals surface area contributed by atoms with Gasteiger partial charge in [-0.15, -0.1) is 0 Å². The SMILES string of the molecule is O=c1c2cc(F)cc(Br)c2nc([C@H]2CCCCO2)n1C1CC1. The minimum absolute atomic E-state index is 0.136. The van der Waals surface area contributed by atoms with Crippen molar-refractivity contribution >= 4 is 26.8 Å². The van der Waals surface area contributed by atoms with E-state index in [-0.39, 0.29) is 17.7 Å². The van der Waals surface area contributed by atoms with Crippen LogP contribution >= 0.6 is 15.9 Å². The zero-order valence-corrected chi connectivity index (χ0v) is 13.6. The quantitative estimate of drug-likeness (QED) is 0.809. The van der Waals surface area contributed by atoms with Gasteiger partial charge in [0.05, 0.1) is 10.9 Å². The number of hydrogen-bond donors (Lipinski definition) is 0. The van der Waals surface area contributed by atoms with Gasteiger partial charge >= 0.3 is 0 Å². The molecule has 1 atom stereocenters. The monoisotopic (exact) mass is 366 g/mol. The maximum atomic E-state index is 13.7. The third kappa shape index (κ3) is 2.38. The van der Waals surface area contributed by atoms with Crippen LogP contribution in [0.3, 0.4) is 0 Å². The fourth-order valence-corrected chi connectivity index (χ4v) is 3.62. The summed E-state index contributed by atoms with van der Waals surface area (Å²) in [4.78, 5) is 17.5. The van der Waals surface area contributed by atoms with Gasteiger partial charge in [0.2, 0.25) is 0 Å². The van der Waals surface area contributed by atoms with Gasteiger partial charge in [0.15, 0.2) is 0 Å². The van der Waals surface area contributed by atoms with Crippen molar-refractivity contribution in [3.8, 4) is 0 Å². The molecule has 0 bridgehead atoms. The Hall–Kier alpha value is -1.27. The molecule has 22 heavy (non-hydrogen) atoms. The van der Waals surface area contributed by atoms with Gasteiger partial charge in [-0.3, -0.25) is 9.36 Å². The lowest BCUT2D eigenvalue weighted by Crippen LogP contribution is -2.28. The molecule has 1 aromatic heterocycles. The number of aromatic nitrogens is 2. The van der Waals surface area contributed by atoms with Gasteiger partial charge in [-0.2, -0.15) is 0 Å². The highest BCUT2D eigenvalue weighted by molar-refractivity contribution is 9.10. The van der Waals surface area contributed by atoms with Crippen molar-refractivity contribution in [1.29, 1.82) is 0 Å². The standard InChI is InChI=1S/C16H16BrFN2O2/c17-12-8-9(18)7-11-14(12)19-15(13-3-1-2-6-22-13)20(16(11)21)10-4-5-10/h7-8,10,13H,1-6H2/t13-/m1/s1. The Kier molecular flexibility index (Phi) is 3.53. The van der Waals surface area contributed by atoms with Crippen LogP contribution in [0.25, 0.3) is 10.9 Å². The molecule has 116 valence electrons. The molecule has 0 spiro atoms. The maximum absolute atomic E-state index is 13.7. The van der Waals surface area contributed by atoms with Crippen LogP contribution in [0.4, 0.5) is 4.39 Å². The van der Waals surface area contributed by atoms with E-state index in [1.54, 1.807) is 4.57 Å². The molecule has 1 aliphatic heterocycles. The largest absolute Gasteiger partial charge is 0.370 e. The summed E-state index contributed by atoms with van der Waals surface area (Å²) in [7, 11) is 0. The van der Waals surface area contributed by atoms with E-state index < -0.39 is 5.82 Å². The molecule has 2 aliphatic rings. The smallest absolute Gasteiger partial charge is 0.261 e. The number of rotatable bonds is 2. The number of benzene rings is 1. The van der Waals surface area contributed by atoms with Crippen LogP contribution in [0.2, 0.25) is 0 Å². The molecule has 0 N–H and O–H groups in total. The summed E-state index contributed by atoms with van der Waals surface area (Å²) in [5.74, 6) is 0.272. The van der Waals surface area contributed by atoms with Gasteiger partial charge in [-0.05, 0) is 60.2 Å². The summed E-state index contributed by atoms with van der Waals surface area (Å²) in [6.45, 7) is 0.702. The van der Waals surface area contributed by atoms with Gasteiger partial charge in [-0.25, -0.2) is 9.37 Å². The number of ether oxygens (including phenoxy) is 1. The van der Waals surface area contributed by atoms with E-state index in [1.807, 2.05) is 0 Å². The van der Waals surface area contributed by atoms with Crippen LogP contribution in [-0.2, 0) is 4.74 Å². The zero-order chi connectivity index (χ0) is 15.3. The second-order valence-corrected chi connectivity index (χ2v) is 6.87. The van der Waals surface area contributed by atoms with Gasteiger partial charge < -0.3 is 4.74 Å². The highest BCUT2D eigenvalue weighted by Gasteiger charge is 2.32. The van der Waals surface area contributed by atoms with Crippen molar-refractivity contribution in [3.05, 3.63) is 38.6 Å². The Morgan fingerprint density at radius 1 is 1.27 bits per heavy atom. The lowest BCUT2D eigenvalue weighted by molar-refractivity contribution is 0.00660. The van der Waals surface area contributed by atoms with E-state index in [9.17, 15) is 9.18 Å². The number of fused-ring (bicyclic) bond motifs is 1. The molecule has 1 aliphatic carbocycles. The summed E-state index contributed by atoms with van der Waals surface area (Å²) < 4.78 is 21.7. The van der Waals surface area contributed by atoms with Crippen LogP contribution in [0.5, 0.6) is 0 Å². The first kappa shape index (κ1) is 14.3. The van der Waals surface area contributed by atoms with Crippen LogP contribution in [0.15, 0.2) is 21.4 Å². The summed E-state index contributed by atoms with van der Waals surface area (Å²) >= 11 is 3.33. The van der Waals surface area contributed by atoms with Gasteiger partial charge in [-0.1, -0.05) is 0 Å². The summed E-state index contributed by atoms with van der Waals surface area (Å²) in [6, 6.07) is 2.81. The molecular weight excluding hydrogens is 351 g/mol. The molecule has 2 heterocycles. The molecule has 4 nitrogen and oxygen atoms in total. The molecule has 2 fully saturated rings. The Balaban J connectivity index is 1.98. The minimum atomic E-state index is -0.428. The average Bonchev–Trinajstić information content (AvgIpc) is 3.33. The Labute approximate surface area is 135 Å². The molecule has 4 rings (SSSR count). The van der Waals surface area contributed by atoms with Crippen LogP contribution in [-0.4, -0.2) is 16.2 Å². The lowest BCUT2D eigenvalue weighted by Gasteiger charge is -2.25. The van der Waals surface area contributed by atoms with E-state index in [0.29, 0.717) is 27.8 Å². The Bertz CT molecular complexity index is 795. The third-order valence-electron chi connectivity index (χ3n) is 4.33. The zero-order valence-electron chi connectivity index (χ0n) is 12.0. The second kappa shape index (κ2) is 5.42. The summed E-state index contributed by atoms with van der Waals surface area (Å²) in [5.41, 5.74) is 0.365. The highest BCUT2D eigenvalue weighted by Crippen LogP contribution is 2.38. The number of hydrogen-bond acceptors (Lipinski definition) is 3. The van der Waals surface area contributed by atoms with Gasteiger partial charge in [0.25, 0.3) is 5.56 Å². The summed E-state index contributed by atoms with van der Waals surface area (Å²) in [5, 5.41) is 0.332. The predicted molar refractivity (Wildman–Crippen MR) is 84.5 cm³/mol. The molecule has 1 saturated carbocycles. The molecule has 1 aromatic carbocycles. The number of halogens is 2. The molecule has 0 radical (unpaired) electrons. The molecule has 1 saturated heterocycles. The number of nitrogens with zero attached hydrogens (tertiary/aromatic N) is 2. The fourth-order valence-electron chi connectivity index (χ4n) is 3.10. The van der Waals surface area contributed by atoms with Crippen LogP contribution in [0.1, 0.15) is 50.1 Å². The van der Waals surface area contributed by atoms with Crippen molar-refractivity contribution in [2.75, 3.05) is 6.61 Å². The van der Waals surface area contributed by atoms with Crippen molar-refractivity contribution in [1.82, 2.24) is 9.55 Å². The molecule has 6 heteroatoms. The molecular formula is C16H16BrFN2O2. The Morgan fingerprint density at radius 3 is 2.77 bits per heavy atom. The first-order valence-corrected chi connectivity index (χ1v) is 8.47. The van der Waals surface area contributed by atoms with Crippen molar-refractivity contribution in [2.45, 2.75) is 44.2 Å². The van der Waals surface area contributed by atoms with Crippen molar-refractivity contribution < 1.29 is 9.13 Å². The van der Waals surface area contributed by atoms with Crippen LogP contribution in [0, 0.1) is 5.82 Å². The van der Waals surface area contributed by atoms with E-state index in [2.05, 4.69) is 20.9 Å². The molecule has 0 amide bonds. The van der Waals surface area contributed by atoms with Gasteiger partial charge in [0, 0.05) is 17.1 Å². The van der Waals surface area contributed by atoms with E-state index in [0.717, 1.165) is 32.1 Å². The highest BCUT2D eigenvalue weighted by atomic mass is 79.9. The molecule has 2 aromatic rings. The first-order chi connectivity index (χ1) is 10.6. The van der Waals surface area contributed by atoms with Crippen LogP contribution < -0.4 is 5.56 Å². The first-order valence-electron chi connectivity index (χ1n) is 7.68. The average molecular weight is 367 g/mol. The summed E-state index contributed by atoms with van der Waals surface area (Å²) in [6.07, 6.45) is 4.82. The van der Waals surface area contributed by atoms with E-state index >= 15 is 0 Å². The minimum Gasteiger partial charge on any atom is -0.370 e. The van der Waals surface area contributed by atoms with E-state index in [1.165, 1.54) is 12.1 Å². The third-order valence-corrected chi connectivity index (χ3v) is 4.93. The predicted octanol–water partition coefficient (Wildman–Crippen LogP) is 3.87. The normalized spacial score (nSPS) is 22.2. The topological polar surface area (TPSA) is 44.1 Å². The van der Waals surface area contributed by atoms with Crippen molar-refractivity contribution in [2.24, 2.45) is 0 Å². The molecule has 0 unspecified atom stereocenters.